The van der Waals surface area contributed by atoms with Crippen molar-refractivity contribution >= 4 is 12.1 Å². The maximum Gasteiger partial charge on any atom is 0.407 e. The predicted molar refractivity (Wildman–Crippen MR) is 86.1 cm³/mol. The van der Waals surface area contributed by atoms with Gasteiger partial charge in [-0.1, -0.05) is 30.3 Å². The molecule has 1 heterocycles. The molecule has 1 aromatic rings. The van der Waals surface area contributed by atoms with Crippen molar-refractivity contribution in [1.29, 1.82) is 0 Å². The average molecular weight is 320 g/mol. The molecule has 1 fully saturated rings. The molecule has 0 saturated carbocycles. The summed E-state index contributed by atoms with van der Waals surface area (Å²) in [5.41, 5.74) is 0.151. The number of amides is 1. The number of nitrogens with one attached hydrogen (secondary N) is 1. The monoisotopic (exact) mass is 320 g/mol. The molecule has 1 amide bonds. The van der Waals surface area contributed by atoms with Crippen LogP contribution in [0.4, 0.5) is 4.79 Å². The van der Waals surface area contributed by atoms with E-state index in [2.05, 4.69) is 10.2 Å². The van der Waals surface area contributed by atoms with E-state index in [4.69, 9.17) is 4.74 Å². The molecule has 2 rings (SSSR count). The highest BCUT2D eigenvalue weighted by atomic mass is 16.5. The van der Waals surface area contributed by atoms with E-state index < -0.39 is 17.6 Å². The number of carboxylic acids is 1. The highest BCUT2D eigenvalue weighted by molar-refractivity contribution is 5.72. The van der Waals surface area contributed by atoms with Gasteiger partial charge in [0.25, 0.3) is 0 Å². The minimum absolute atomic E-state index is 0.0916. The molecule has 1 aliphatic heterocycles. The standard InChI is InChI=1S/C17H24N2O4/c1-13-10-17(11-15(20)21,8-9-19(13)2)18-16(22)23-12-14-6-4-3-5-7-14/h3-7,13H,8-12H2,1-2H3,(H,18,22)(H,20,21). The minimum Gasteiger partial charge on any atom is -0.481 e. The quantitative estimate of drug-likeness (QED) is 0.870. The van der Waals surface area contributed by atoms with Crippen LogP contribution in [-0.2, 0) is 16.1 Å². The molecule has 2 unspecified atom stereocenters. The van der Waals surface area contributed by atoms with Crippen molar-refractivity contribution in [2.75, 3.05) is 13.6 Å². The lowest BCUT2D eigenvalue weighted by molar-refractivity contribution is -0.139. The minimum atomic E-state index is -0.912. The normalized spacial score (nSPS) is 24.9. The van der Waals surface area contributed by atoms with Gasteiger partial charge >= 0.3 is 12.1 Å². The first-order valence-corrected chi connectivity index (χ1v) is 7.81. The molecule has 0 radical (unpaired) electrons. The summed E-state index contributed by atoms with van der Waals surface area (Å²) in [6, 6.07) is 9.60. The summed E-state index contributed by atoms with van der Waals surface area (Å²) in [6.45, 7) is 2.95. The van der Waals surface area contributed by atoms with Gasteiger partial charge in [0.2, 0.25) is 0 Å². The van der Waals surface area contributed by atoms with Crippen LogP contribution < -0.4 is 5.32 Å². The summed E-state index contributed by atoms with van der Waals surface area (Å²) in [5.74, 6) is -0.912. The van der Waals surface area contributed by atoms with E-state index >= 15 is 0 Å². The second-order valence-electron chi connectivity index (χ2n) is 6.32. The molecule has 1 saturated heterocycles. The van der Waals surface area contributed by atoms with Gasteiger partial charge in [-0.2, -0.15) is 0 Å². The number of hydrogen-bond donors (Lipinski definition) is 2. The summed E-state index contributed by atoms with van der Waals surface area (Å²) >= 11 is 0. The average Bonchev–Trinajstić information content (AvgIpc) is 2.50. The van der Waals surface area contributed by atoms with E-state index in [1.54, 1.807) is 0 Å². The Balaban J connectivity index is 1.97. The lowest BCUT2D eigenvalue weighted by Gasteiger charge is -2.43. The molecule has 23 heavy (non-hydrogen) atoms. The fraction of sp³-hybridized carbons (Fsp3) is 0.529. The van der Waals surface area contributed by atoms with Crippen LogP contribution in [0.1, 0.15) is 31.7 Å². The van der Waals surface area contributed by atoms with E-state index in [0.29, 0.717) is 12.8 Å². The van der Waals surface area contributed by atoms with E-state index in [-0.39, 0.29) is 19.1 Å². The van der Waals surface area contributed by atoms with Crippen molar-refractivity contribution in [1.82, 2.24) is 10.2 Å². The Bertz CT molecular complexity index is 549. The number of piperidine rings is 1. The molecular formula is C17H24N2O4. The number of benzene rings is 1. The van der Waals surface area contributed by atoms with Crippen LogP contribution in [0.3, 0.4) is 0 Å². The van der Waals surface area contributed by atoms with Crippen LogP contribution >= 0.6 is 0 Å². The number of likely N-dealkylation sites (tertiary alicyclic amines) is 1. The van der Waals surface area contributed by atoms with Gasteiger partial charge in [0, 0.05) is 12.6 Å². The second kappa shape index (κ2) is 7.46. The van der Waals surface area contributed by atoms with Crippen LogP contribution in [0.2, 0.25) is 0 Å². The maximum atomic E-state index is 12.1. The van der Waals surface area contributed by atoms with Crippen molar-refractivity contribution in [3.63, 3.8) is 0 Å². The van der Waals surface area contributed by atoms with Crippen LogP contribution in [0, 0.1) is 0 Å². The van der Waals surface area contributed by atoms with Crippen molar-refractivity contribution in [3.05, 3.63) is 35.9 Å². The maximum absolute atomic E-state index is 12.1. The molecule has 0 aromatic heterocycles. The molecule has 0 spiro atoms. The smallest absolute Gasteiger partial charge is 0.407 e. The first-order chi connectivity index (χ1) is 10.9. The Labute approximate surface area is 136 Å². The van der Waals surface area contributed by atoms with Gasteiger partial charge in [0.1, 0.15) is 6.61 Å². The Morgan fingerprint density at radius 2 is 2.09 bits per heavy atom. The highest BCUT2D eigenvalue weighted by Crippen LogP contribution is 2.29. The third kappa shape index (κ3) is 4.96. The van der Waals surface area contributed by atoms with Crippen molar-refractivity contribution in [2.24, 2.45) is 0 Å². The van der Waals surface area contributed by atoms with Crippen LogP contribution in [0.15, 0.2) is 30.3 Å². The first-order valence-electron chi connectivity index (χ1n) is 7.81. The number of nitrogens with zero attached hydrogens (tertiary/aromatic N) is 1. The number of ether oxygens (including phenoxy) is 1. The number of carbonyl (C=O) groups is 2. The third-order valence-electron chi connectivity index (χ3n) is 4.45. The van der Waals surface area contributed by atoms with Gasteiger partial charge in [0.15, 0.2) is 0 Å². The molecule has 1 aliphatic rings. The summed E-state index contributed by atoms with van der Waals surface area (Å²) in [4.78, 5) is 25.5. The van der Waals surface area contributed by atoms with Gasteiger partial charge in [-0.05, 0) is 32.4 Å². The number of carbonyl (C=O) groups excluding carboxylic acids is 1. The zero-order chi connectivity index (χ0) is 16.9. The molecular weight excluding hydrogens is 296 g/mol. The number of aliphatic carboxylic acids is 1. The Morgan fingerprint density at radius 3 is 2.70 bits per heavy atom. The zero-order valence-corrected chi connectivity index (χ0v) is 13.6. The SMILES string of the molecule is CC1CC(CC(=O)O)(NC(=O)OCc2ccccc2)CCN1C. The first kappa shape index (κ1) is 17.3. The van der Waals surface area contributed by atoms with E-state index in [9.17, 15) is 14.7 Å². The van der Waals surface area contributed by atoms with Gasteiger partial charge < -0.3 is 20.1 Å². The summed E-state index contributed by atoms with van der Waals surface area (Å²) in [5, 5.41) is 12.0. The molecule has 6 nitrogen and oxygen atoms in total. The topological polar surface area (TPSA) is 78.9 Å². The molecule has 126 valence electrons. The lowest BCUT2D eigenvalue weighted by atomic mass is 9.81. The van der Waals surface area contributed by atoms with E-state index in [1.807, 2.05) is 44.3 Å². The largest absolute Gasteiger partial charge is 0.481 e. The molecule has 2 N–H and O–H groups in total. The third-order valence-corrected chi connectivity index (χ3v) is 4.45. The second-order valence-corrected chi connectivity index (χ2v) is 6.32. The van der Waals surface area contributed by atoms with Crippen molar-refractivity contribution in [2.45, 2.75) is 44.4 Å². The Morgan fingerprint density at radius 1 is 1.39 bits per heavy atom. The zero-order valence-electron chi connectivity index (χ0n) is 13.6. The molecule has 1 aromatic carbocycles. The number of rotatable bonds is 5. The van der Waals surface area contributed by atoms with Crippen LogP contribution in [0.25, 0.3) is 0 Å². The summed E-state index contributed by atoms with van der Waals surface area (Å²) in [6.07, 6.45) is 0.537. The predicted octanol–water partition coefficient (Wildman–Crippen LogP) is 2.24. The van der Waals surface area contributed by atoms with E-state index in [1.165, 1.54) is 0 Å². The van der Waals surface area contributed by atoms with Crippen molar-refractivity contribution < 1.29 is 19.4 Å². The number of carboxylic acid groups (broad SMARTS) is 1. The highest BCUT2D eigenvalue weighted by Gasteiger charge is 2.40. The molecule has 0 aliphatic carbocycles. The fourth-order valence-corrected chi connectivity index (χ4v) is 3.02. The van der Waals surface area contributed by atoms with Crippen LogP contribution in [0.5, 0.6) is 0 Å². The fourth-order valence-electron chi connectivity index (χ4n) is 3.02. The summed E-state index contributed by atoms with van der Waals surface area (Å²) in [7, 11) is 2.00. The van der Waals surface area contributed by atoms with Crippen molar-refractivity contribution in [3.8, 4) is 0 Å². The van der Waals surface area contributed by atoms with Gasteiger partial charge in [-0.15, -0.1) is 0 Å². The molecule has 6 heteroatoms. The van der Waals surface area contributed by atoms with Gasteiger partial charge in [-0.3, -0.25) is 4.79 Å². The van der Waals surface area contributed by atoms with E-state index in [0.717, 1.165) is 12.1 Å². The Hall–Kier alpha value is -2.08. The lowest BCUT2D eigenvalue weighted by Crippen LogP contribution is -2.58. The van der Waals surface area contributed by atoms with Crippen LogP contribution in [-0.4, -0.2) is 47.2 Å². The summed E-state index contributed by atoms with van der Waals surface area (Å²) < 4.78 is 5.24. The Kier molecular flexibility index (Phi) is 5.60. The van der Waals surface area contributed by atoms with Gasteiger partial charge in [-0.25, -0.2) is 4.79 Å². The molecule has 0 bridgehead atoms. The van der Waals surface area contributed by atoms with Gasteiger partial charge in [0.05, 0.1) is 12.0 Å². The number of alkyl carbamates (subject to hydrolysis) is 1. The molecule has 2 atom stereocenters. The number of hydrogen-bond acceptors (Lipinski definition) is 4.